The maximum Gasteiger partial charge on any atom is 0.134 e. The minimum absolute atomic E-state index is 0.00381. The van der Waals surface area contributed by atoms with Gasteiger partial charge in [0.1, 0.15) is 5.75 Å². The van der Waals surface area contributed by atoms with Crippen LogP contribution in [0.2, 0.25) is 5.02 Å². The average Bonchev–Trinajstić information content (AvgIpc) is 2.47. The summed E-state index contributed by atoms with van der Waals surface area (Å²) in [5.41, 5.74) is 2.23. The molecule has 0 heterocycles. The monoisotopic (exact) mass is 296 g/mol. The molecule has 0 unspecified atom stereocenters. The van der Waals surface area contributed by atoms with Crippen molar-refractivity contribution in [2.45, 2.75) is 41.5 Å². The standard InChI is InChI=1S/C12H13ClN2O.2C2H6/c1-8(2)15-7-10(6-14)9-3-4-11(13)12(16)5-9;2*1-2/h3-7,14,16H,1-2H3;2*1-2H3/b10-7+,14-6?;;. The van der Waals surface area contributed by atoms with E-state index in [4.69, 9.17) is 17.0 Å². The first kappa shape index (κ1) is 20.7. The molecule has 4 heteroatoms. The zero-order valence-electron chi connectivity index (χ0n) is 13.2. The summed E-state index contributed by atoms with van der Waals surface area (Å²) in [6, 6.07) is 4.84. The molecule has 0 saturated carbocycles. The molecule has 20 heavy (non-hydrogen) atoms. The van der Waals surface area contributed by atoms with Crippen LogP contribution in [0.4, 0.5) is 0 Å². The predicted octanol–water partition coefficient (Wildman–Crippen LogP) is 5.57. The van der Waals surface area contributed by atoms with E-state index in [-0.39, 0.29) is 5.75 Å². The maximum atomic E-state index is 9.45. The van der Waals surface area contributed by atoms with Crippen molar-refractivity contribution < 1.29 is 5.11 Å². The van der Waals surface area contributed by atoms with Crippen LogP contribution >= 0.6 is 11.6 Å². The van der Waals surface area contributed by atoms with Gasteiger partial charge in [-0.05, 0) is 31.5 Å². The summed E-state index contributed by atoms with van der Waals surface area (Å²) in [6.07, 6.45) is 2.78. The molecular formula is C16H25ClN2O. The number of benzene rings is 1. The van der Waals surface area contributed by atoms with E-state index in [2.05, 4.69) is 4.99 Å². The lowest BCUT2D eigenvalue weighted by atomic mass is 10.1. The largest absolute Gasteiger partial charge is 0.506 e. The summed E-state index contributed by atoms with van der Waals surface area (Å²) in [6.45, 7) is 11.7. The molecule has 0 bridgehead atoms. The number of hydrogen-bond acceptors (Lipinski definition) is 3. The van der Waals surface area contributed by atoms with Crippen molar-refractivity contribution in [2.75, 3.05) is 0 Å². The molecular weight excluding hydrogens is 272 g/mol. The normalized spacial score (nSPS) is 9.45. The maximum absolute atomic E-state index is 9.45. The van der Waals surface area contributed by atoms with Crippen molar-refractivity contribution in [3.05, 3.63) is 35.0 Å². The lowest BCUT2D eigenvalue weighted by Crippen LogP contribution is -1.86. The summed E-state index contributed by atoms with van der Waals surface area (Å²) in [4.78, 5) is 4.11. The van der Waals surface area contributed by atoms with Crippen LogP contribution in [0, 0.1) is 5.41 Å². The Hall–Kier alpha value is -1.61. The third kappa shape index (κ3) is 7.74. The number of phenolic OH excluding ortho intramolecular Hbond substituents is 1. The summed E-state index contributed by atoms with van der Waals surface area (Å²) in [5, 5.41) is 17.0. The van der Waals surface area contributed by atoms with Gasteiger partial charge in [0.2, 0.25) is 0 Å². The molecule has 1 rings (SSSR count). The van der Waals surface area contributed by atoms with E-state index in [1.165, 1.54) is 12.3 Å². The number of aromatic hydroxyl groups is 1. The van der Waals surface area contributed by atoms with Gasteiger partial charge in [0, 0.05) is 23.7 Å². The molecule has 3 nitrogen and oxygen atoms in total. The Morgan fingerprint density at radius 3 is 2.15 bits per heavy atom. The van der Waals surface area contributed by atoms with Gasteiger partial charge in [-0.1, -0.05) is 45.4 Å². The van der Waals surface area contributed by atoms with Crippen molar-refractivity contribution in [3.8, 4) is 5.75 Å². The Labute approximate surface area is 127 Å². The zero-order chi connectivity index (χ0) is 16.1. The first-order chi connectivity index (χ1) is 9.54. The lowest BCUT2D eigenvalue weighted by Gasteiger charge is -2.02. The molecule has 112 valence electrons. The van der Waals surface area contributed by atoms with E-state index < -0.39 is 0 Å². The van der Waals surface area contributed by atoms with Crippen molar-refractivity contribution in [1.82, 2.24) is 0 Å². The Bertz CT molecular complexity index is 462. The van der Waals surface area contributed by atoms with Crippen LogP contribution in [0.5, 0.6) is 5.75 Å². The van der Waals surface area contributed by atoms with E-state index in [0.717, 1.165) is 5.71 Å². The third-order valence-corrected chi connectivity index (χ3v) is 2.22. The summed E-state index contributed by atoms with van der Waals surface area (Å²) < 4.78 is 0. The van der Waals surface area contributed by atoms with Crippen LogP contribution in [-0.2, 0) is 0 Å². The first-order valence-corrected chi connectivity index (χ1v) is 7.13. The fourth-order valence-electron chi connectivity index (χ4n) is 1.09. The molecule has 0 aliphatic carbocycles. The number of phenols is 1. The molecule has 0 saturated heterocycles. The molecule has 0 amide bonds. The second-order valence-corrected chi connectivity index (χ2v) is 3.88. The molecule has 1 aromatic carbocycles. The Balaban J connectivity index is 0. The molecule has 0 aliphatic heterocycles. The van der Waals surface area contributed by atoms with Gasteiger partial charge >= 0.3 is 0 Å². The number of nitrogens with one attached hydrogen (secondary N) is 1. The van der Waals surface area contributed by atoms with Crippen LogP contribution in [0.3, 0.4) is 0 Å². The number of halogens is 1. The highest BCUT2D eigenvalue weighted by molar-refractivity contribution is 6.32. The SMILES string of the molecule is CC.CC.CC(C)=N/C=C(\C=N)c1ccc(Cl)c(O)c1. The smallest absolute Gasteiger partial charge is 0.134 e. The minimum atomic E-state index is 0.00381. The highest BCUT2D eigenvalue weighted by Crippen LogP contribution is 2.26. The number of nitrogens with zero attached hydrogens (tertiary/aromatic N) is 1. The van der Waals surface area contributed by atoms with E-state index in [0.29, 0.717) is 16.2 Å². The topological polar surface area (TPSA) is 56.4 Å². The van der Waals surface area contributed by atoms with Crippen LogP contribution in [0.25, 0.3) is 5.57 Å². The molecule has 0 spiro atoms. The quantitative estimate of drug-likeness (QED) is 0.704. The number of allylic oxidation sites excluding steroid dienone is 1. The third-order valence-electron chi connectivity index (χ3n) is 1.90. The molecule has 0 atom stereocenters. The van der Waals surface area contributed by atoms with Crippen LogP contribution in [0.15, 0.2) is 29.4 Å². The molecule has 0 radical (unpaired) electrons. The highest BCUT2D eigenvalue weighted by Gasteiger charge is 2.02. The molecule has 0 aromatic heterocycles. The molecule has 1 aromatic rings. The number of rotatable bonds is 3. The summed E-state index contributed by atoms with van der Waals surface area (Å²) in [5.74, 6) is 0.00381. The second-order valence-electron chi connectivity index (χ2n) is 3.47. The molecule has 2 N–H and O–H groups in total. The van der Waals surface area contributed by atoms with Gasteiger partial charge in [0.15, 0.2) is 0 Å². The van der Waals surface area contributed by atoms with Gasteiger partial charge in [-0.25, -0.2) is 0 Å². The van der Waals surface area contributed by atoms with Gasteiger partial charge in [-0.15, -0.1) is 0 Å². The van der Waals surface area contributed by atoms with Crippen LogP contribution in [-0.4, -0.2) is 17.0 Å². The van der Waals surface area contributed by atoms with Crippen molar-refractivity contribution in [1.29, 1.82) is 5.41 Å². The van der Waals surface area contributed by atoms with Crippen LogP contribution < -0.4 is 0 Å². The number of hydrogen-bond donors (Lipinski definition) is 2. The molecule has 0 aliphatic rings. The van der Waals surface area contributed by atoms with Gasteiger partial charge in [-0.3, -0.25) is 4.99 Å². The van der Waals surface area contributed by atoms with E-state index in [9.17, 15) is 5.11 Å². The Morgan fingerprint density at radius 1 is 1.20 bits per heavy atom. The average molecular weight is 297 g/mol. The second kappa shape index (κ2) is 12.4. The number of aliphatic imine (C=N–C) groups is 1. The van der Waals surface area contributed by atoms with Gasteiger partial charge in [-0.2, -0.15) is 0 Å². The van der Waals surface area contributed by atoms with Crippen molar-refractivity contribution in [3.63, 3.8) is 0 Å². The van der Waals surface area contributed by atoms with Gasteiger partial charge in [0.05, 0.1) is 5.02 Å². The zero-order valence-corrected chi connectivity index (χ0v) is 13.9. The first-order valence-electron chi connectivity index (χ1n) is 6.75. The fourth-order valence-corrected chi connectivity index (χ4v) is 1.20. The van der Waals surface area contributed by atoms with E-state index in [1.807, 2.05) is 41.5 Å². The summed E-state index contributed by atoms with van der Waals surface area (Å²) in [7, 11) is 0. The Morgan fingerprint density at radius 2 is 1.75 bits per heavy atom. The minimum Gasteiger partial charge on any atom is -0.506 e. The van der Waals surface area contributed by atoms with Crippen molar-refractivity contribution >= 4 is 29.1 Å². The van der Waals surface area contributed by atoms with Crippen LogP contribution in [0.1, 0.15) is 47.1 Å². The highest BCUT2D eigenvalue weighted by atomic mass is 35.5. The van der Waals surface area contributed by atoms with Crippen molar-refractivity contribution in [2.24, 2.45) is 4.99 Å². The van der Waals surface area contributed by atoms with Gasteiger partial charge in [0.25, 0.3) is 0 Å². The predicted molar refractivity (Wildman–Crippen MR) is 91.4 cm³/mol. The van der Waals surface area contributed by atoms with E-state index in [1.54, 1.807) is 18.3 Å². The fraction of sp³-hybridized carbons (Fsp3) is 0.375. The van der Waals surface area contributed by atoms with Gasteiger partial charge < -0.3 is 10.5 Å². The lowest BCUT2D eigenvalue weighted by molar-refractivity contribution is 0.475. The molecule has 0 fully saturated rings. The van der Waals surface area contributed by atoms with E-state index >= 15 is 0 Å². The Kier molecular flexibility index (Phi) is 12.9. The summed E-state index contributed by atoms with van der Waals surface area (Å²) >= 11 is 5.70.